The van der Waals surface area contributed by atoms with Crippen LogP contribution < -0.4 is 5.32 Å². The summed E-state index contributed by atoms with van der Waals surface area (Å²) in [5.41, 5.74) is 0.802. The highest BCUT2D eigenvalue weighted by Crippen LogP contribution is 2.32. The van der Waals surface area contributed by atoms with Gasteiger partial charge in [-0.2, -0.15) is 0 Å². The number of carbonyl (C=O) groups excluding carboxylic acids is 3. The molecule has 1 aromatic rings. The average Bonchev–Trinajstić information content (AvgIpc) is 3.10. The first-order valence-electron chi connectivity index (χ1n) is 12.1. The highest BCUT2D eigenvalue weighted by atomic mass is 32.2. The summed E-state index contributed by atoms with van der Waals surface area (Å²) in [5, 5.41) is 20.7. The van der Waals surface area contributed by atoms with Crippen molar-refractivity contribution in [2.24, 2.45) is 11.8 Å². The Morgan fingerprint density at radius 1 is 1.03 bits per heavy atom. The number of benzene rings is 1. The molecule has 2 fully saturated rings. The van der Waals surface area contributed by atoms with Gasteiger partial charge in [0, 0.05) is 30.8 Å². The number of carboxylic acids is 1. The first kappa shape index (κ1) is 26.2. The van der Waals surface area contributed by atoms with E-state index in [1.54, 1.807) is 12.1 Å². The quantitative estimate of drug-likeness (QED) is 0.304. The van der Waals surface area contributed by atoms with Crippen LogP contribution in [0.5, 0.6) is 0 Å². The molecule has 3 amide bonds. The lowest BCUT2D eigenvalue weighted by atomic mass is 9.82. The van der Waals surface area contributed by atoms with Crippen molar-refractivity contribution in [3.63, 3.8) is 0 Å². The Kier molecular flexibility index (Phi) is 9.95. The van der Waals surface area contributed by atoms with Crippen LogP contribution in [0.1, 0.15) is 63.4 Å². The maximum Gasteiger partial charge on any atom is 0.306 e. The first-order valence-corrected chi connectivity index (χ1v) is 13.0. The van der Waals surface area contributed by atoms with Crippen LogP contribution in [0.3, 0.4) is 0 Å². The zero-order valence-electron chi connectivity index (χ0n) is 19.4. The second-order valence-corrected chi connectivity index (χ2v) is 10.4. The number of unbranched alkanes of at least 4 members (excludes halogenated alkanes) is 2. The number of amides is 3. The maximum atomic E-state index is 12.7. The Morgan fingerprint density at radius 2 is 1.74 bits per heavy atom. The third kappa shape index (κ3) is 7.56. The number of hydrogen-bond acceptors (Lipinski definition) is 6. The number of imide groups is 1. The fourth-order valence-corrected chi connectivity index (χ4v) is 5.59. The van der Waals surface area contributed by atoms with Crippen molar-refractivity contribution in [1.29, 1.82) is 0 Å². The van der Waals surface area contributed by atoms with E-state index < -0.39 is 11.2 Å². The van der Waals surface area contributed by atoms with Crippen LogP contribution in [0.2, 0.25) is 0 Å². The predicted octanol–water partition coefficient (Wildman–Crippen LogP) is 2.97. The minimum Gasteiger partial charge on any atom is -0.481 e. The minimum absolute atomic E-state index is 0.00244. The van der Waals surface area contributed by atoms with E-state index in [2.05, 4.69) is 5.32 Å². The number of aliphatic carboxylic acids is 1. The van der Waals surface area contributed by atoms with Gasteiger partial charge in [0.25, 0.3) is 0 Å². The molecule has 3 rings (SSSR count). The summed E-state index contributed by atoms with van der Waals surface area (Å²) in [6, 6.07) is 7.31. The second-order valence-electron chi connectivity index (χ2n) is 9.17. The molecule has 1 aliphatic heterocycles. The van der Waals surface area contributed by atoms with E-state index in [4.69, 9.17) is 10.2 Å². The van der Waals surface area contributed by atoms with Gasteiger partial charge in [0.1, 0.15) is 0 Å². The van der Waals surface area contributed by atoms with E-state index in [1.807, 2.05) is 12.1 Å². The molecule has 0 aromatic heterocycles. The van der Waals surface area contributed by atoms with Crippen LogP contribution in [-0.2, 0) is 25.8 Å². The molecule has 2 aliphatic rings. The Hall–Kier alpha value is -2.39. The topological polar surface area (TPSA) is 124 Å². The first-order chi connectivity index (χ1) is 16.4. The predicted molar refractivity (Wildman–Crippen MR) is 128 cm³/mol. The molecule has 0 bridgehead atoms. The number of thioether (sulfide) groups is 1. The molecule has 0 spiro atoms. The van der Waals surface area contributed by atoms with Crippen molar-refractivity contribution < 1.29 is 29.4 Å². The lowest BCUT2D eigenvalue weighted by molar-refractivity contribution is -0.143. The fraction of sp³-hybridized carbons (Fsp3) is 0.600. The summed E-state index contributed by atoms with van der Waals surface area (Å²) in [7, 11) is 0. The summed E-state index contributed by atoms with van der Waals surface area (Å²) in [5.74, 6) is -0.916. The van der Waals surface area contributed by atoms with Crippen molar-refractivity contribution in [3.05, 3.63) is 29.8 Å². The zero-order chi connectivity index (χ0) is 24.5. The number of nitrogens with one attached hydrogen (secondary N) is 1. The number of carboxylic acid groups (broad SMARTS) is 1. The van der Waals surface area contributed by atoms with Gasteiger partial charge in [-0.15, -0.1) is 11.8 Å². The van der Waals surface area contributed by atoms with Crippen LogP contribution >= 0.6 is 11.8 Å². The largest absolute Gasteiger partial charge is 0.481 e. The Morgan fingerprint density at radius 3 is 2.38 bits per heavy atom. The van der Waals surface area contributed by atoms with Gasteiger partial charge in [-0.05, 0) is 62.1 Å². The number of aliphatic hydroxyl groups is 1. The number of carbonyl (C=O) groups is 4. The van der Waals surface area contributed by atoms with Gasteiger partial charge >= 0.3 is 5.97 Å². The van der Waals surface area contributed by atoms with Gasteiger partial charge in [0.2, 0.25) is 17.7 Å². The van der Waals surface area contributed by atoms with Gasteiger partial charge < -0.3 is 15.5 Å². The van der Waals surface area contributed by atoms with Crippen LogP contribution in [0.15, 0.2) is 29.2 Å². The number of aliphatic hydroxyl groups excluding tert-OH is 1. The van der Waals surface area contributed by atoms with Gasteiger partial charge in [-0.3, -0.25) is 24.1 Å². The zero-order valence-corrected chi connectivity index (χ0v) is 20.2. The molecule has 186 valence electrons. The van der Waals surface area contributed by atoms with Gasteiger partial charge in [-0.1, -0.05) is 18.6 Å². The summed E-state index contributed by atoms with van der Waals surface area (Å²) in [6.07, 6.45) is 5.77. The molecule has 34 heavy (non-hydrogen) atoms. The molecular formula is C25H34N2O6S. The Balaban J connectivity index is 1.28. The van der Waals surface area contributed by atoms with Crippen LogP contribution in [0.4, 0.5) is 0 Å². The average molecular weight is 491 g/mol. The number of nitrogens with zero attached hydrogens (tertiary/aromatic N) is 1. The fourth-order valence-electron chi connectivity index (χ4n) is 4.51. The molecule has 1 unspecified atom stereocenters. The molecule has 1 atom stereocenters. The molecule has 3 N–H and O–H groups in total. The van der Waals surface area contributed by atoms with Crippen molar-refractivity contribution >= 4 is 35.5 Å². The van der Waals surface area contributed by atoms with Crippen LogP contribution in [0, 0.1) is 11.8 Å². The third-order valence-corrected chi connectivity index (χ3v) is 7.85. The van der Waals surface area contributed by atoms with Crippen molar-refractivity contribution in [1.82, 2.24) is 10.2 Å². The van der Waals surface area contributed by atoms with Gasteiger partial charge in [0.05, 0.1) is 17.8 Å². The third-order valence-electron chi connectivity index (χ3n) is 6.66. The van der Waals surface area contributed by atoms with Crippen molar-refractivity contribution in [2.75, 3.05) is 13.1 Å². The molecular weight excluding hydrogens is 456 g/mol. The van der Waals surface area contributed by atoms with E-state index in [0.717, 1.165) is 29.7 Å². The number of hydrogen-bond donors (Lipinski definition) is 3. The molecule has 1 aliphatic carbocycles. The smallest absolute Gasteiger partial charge is 0.306 e. The van der Waals surface area contributed by atoms with E-state index in [9.17, 15) is 19.2 Å². The van der Waals surface area contributed by atoms with Gasteiger partial charge in [-0.25, -0.2) is 0 Å². The SMILES string of the molecule is O=C(CCCCCN1C(=O)CC(Sc2ccc(CO)cc2)C1=O)NCC1CCC(C(=O)O)CC1. The monoisotopic (exact) mass is 490 g/mol. The van der Waals surface area contributed by atoms with Crippen molar-refractivity contribution in [2.45, 2.75) is 74.5 Å². The minimum atomic E-state index is -0.720. The maximum absolute atomic E-state index is 12.7. The summed E-state index contributed by atoms with van der Waals surface area (Å²) in [6.45, 7) is 0.951. The molecule has 1 saturated heterocycles. The molecule has 9 heteroatoms. The van der Waals surface area contributed by atoms with E-state index in [0.29, 0.717) is 51.1 Å². The van der Waals surface area contributed by atoms with E-state index in [-0.39, 0.29) is 36.7 Å². The molecule has 0 radical (unpaired) electrons. The lowest BCUT2D eigenvalue weighted by Crippen LogP contribution is -2.32. The molecule has 1 aromatic carbocycles. The lowest BCUT2D eigenvalue weighted by Gasteiger charge is -2.26. The van der Waals surface area contributed by atoms with Crippen LogP contribution in [0.25, 0.3) is 0 Å². The summed E-state index contributed by atoms with van der Waals surface area (Å²) < 4.78 is 0. The van der Waals surface area contributed by atoms with E-state index >= 15 is 0 Å². The normalized spacial score (nSPS) is 22.7. The molecule has 8 nitrogen and oxygen atoms in total. The highest BCUT2D eigenvalue weighted by molar-refractivity contribution is 8.00. The summed E-state index contributed by atoms with van der Waals surface area (Å²) >= 11 is 1.38. The number of rotatable bonds is 12. The molecule has 1 heterocycles. The Bertz CT molecular complexity index is 867. The van der Waals surface area contributed by atoms with Crippen LogP contribution in [-0.4, -0.2) is 57.1 Å². The molecule has 1 saturated carbocycles. The Labute approximate surface area is 204 Å². The van der Waals surface area contributed by atoms with Crippen molar-refractivity contribution in [3.8, 4) is 0 Å². The van der Waals surface area contributed by atoms with Gasteiger partial charge in [0.15, 0.2) is 0 Å². The summed E-state index contributed by atoms with van der Waals surface area (Å²) in [4.78, 5) is 50.3. The number of likely N-dealkylation sites (tertiary alicyclic amines) is 1. The standard InChI is InChI=1S/C25H34N2O6S/c28-16-18-7-11-20(12-8-18)34-21-14-23(30)27(24(21)31)13-3-1-2-4-22(29)26-15-17-5-9-19(10-6-17)25(32)33/h7-8,11-12,17,19,21,28H,1-6,9-10,13-16H2,(H,26,29)(H,32,33). The second kappa shape index (κ2) is 12.9. The highest BCUT2D eigenvalue weighted by Gasteiger charge is 2.38. The van der Waals surface area contributed by atoms with E-state index in [1.165, 1.54) is 16.7 Å².